The molecule has 1 aromatic heterocycles. The summed E-state index contributed by atoms with van der Waals surface area (Å²) in [5, 5.41) is 6.38. The van der Waals surface area contributed by atoms with Gasteiger partial charge < -0.3 is 13.9 Å². The molecule has 0 fully saturated rings. The first kappa shape index (κ1) is 20.7. The maximum atomic E-state index is 12.8. The van der Waals surface area contributed by atoms with Crippen LogP contribution in [0.3, 0.4) is 0 Å². The summed E-state index contributed by atoms with van der Waals surface area (Å²) in [5.41, 5.74) is 1.56. The molecular weight excluding hydrogens is 420 g/mol. The van der Waals surface area contributed by atoms with Gasteiger partial charge in [0.15, 0.2) is 13.2 Å². The lowest BCUT2D eigenvalue weighted by atomic mass is 10.0. The summed E-state index contributed by atoms with van der Waals surface area (Å²) in [6, 6.07) is 19.2. The number of esters is 1. The molecule has 2 heterocycles. The van der Waals surface area contributed by atoms with E-state index in [1.54, 1.807) is 54.8 Å². The number of hydrogen-bond acceptors (Lipinski definition) is 6. The van der Waals surface area contributed by atoms with E-state index < -0.39 is 24.5 Å². The molecule has 3 aromatic rings. The van der Waals surface area contributed by atoms with Crippen LogP contribution in [-0.2, 0) is 14.3 Å². The van der Waals surface area contributed by atoms with Crippen LogP contribution >= 0.6 is 11.6 Å². The first-order chi connectivity index (χ1) is 15.1. The number of para-hydroxylation sites is 1. The van der Waals surface area contributed by atoms with Crippen molar-refractivity contribution in [3.63, 3.8) is 0 Å². The second kappa shape index (κ2) is 9.49. The highest BCUT2D eigenvalue weighted by molar-refractivity contribution is 6.30. The zero-order chi connectivity index (χ0) is 21.6. The van der Waals surface area contributed by atoms with Crippen molar-refractivity contribution < 1.29 is 23.5 Å². The zero-order valence-electron chi connectivity index (χ0n) is 16.4. The molecule has 2 aromatic carbocycles. The molecule has 0 aliphatic carbocycles. The average Bonchev–Trinajstić information content (AvgIpc) is 3.47. The second-order valence-electron chi connectivity index (χ2n) is 6.79. The summed E-state index contributed by atoms with van der Waals surface area (Å²) in [6.07, 6.45) is 2.01. The van der Waals surface area contributed by atoms with E-state index in [0.29, 0.717) is 28.7 Å². The second-order valence-corrected chi connectivity index (χ2v) is 7.23. The van der Waals surface area contributed by atoms with Gasteiger partial charge in [0.1, 0.15) is 17.6 Å². The summed E-state index contributed by atoms with van der Waals surface area (Å²) >= 11 is 5.96. The van der Waals surface area contributed by atoms with Gasteiger partial charge in [-0.05, 0) is 42.0 Å². The van der Waals surface area contributed by atoms with Crippen LogP contribution in [-0.4, -0.2) is 35.8 Å². The van der Waals surface area contributed by atoms with E-state index >= 15 is 0 Å². The molecule has 1 aliphatic heterocycles. The summed E-state index contributed by atoms with van der Waals surface area (Å²) in [7, 11) is 0. The van der Waals surface area contributed by atoms with Gasteiger partial charge in [-0.15, -0.1) is 0 Å². The topological polar surface area (TPSA) is 81.3 Å². The monoisotopic (exact) mass is 438 g/mol. The van der Waals surface area contributed by atoms with Crippen LogP contribution in [0, 0.1) is 0 Å². The summed E-state index contributed by atoms with van der Waals surface area (Å²) in [4.78, 5) is 24.8. The quantitative estimate of drug-likeness (QED) is 0.515. The van der Waals surface area contributed by atoms with Crippen LogP contribution < -0.4 is 4.74 Å². The third kappa shape index (κ3) is 5.13. The van der Waals surface area contributed by atoms with E-state index in [-0.39, 0.29) is 6.61 Å². The molecule has 0 unspecified atom stereocenters. The third-order valence-corrected chi connectivity index (χ3v) is 4.92. The summed E-state index contributed by atoms with van der Waals surface area (Å²) < 4.78 is 15.9. The lowest BCUT2D eigenvalue weighted by molar-refractivity contribution is -0.154. The van der Waals surface area contributed by atoms with E-state index in [9.17, 15) is 9.59 Å². The number of carbonyl (C=O) groups excluding carboxylic acids is 2. The number of nitrogens with zero attached hydrogens (tertiary/aromatic N) is 2. The van der Waals surface area contributed by atoms with Crippen molar-refractivity contribution in [2.75, 3.05) is 13.2 Å². The Morgan fingerprint density at radius 2 is 1.81 bits per heavy atom. The maximum Gasteiger partial charge on any atom is 0.344 e. The number of benzene rings is 2. The van der Waals surface area contributed by atoms with Gasteiger partial charge >= 0.3 is 5.97 Å². The van der Waals surface area contributed by atoms with E-state index in [2.05, 4.69) is 5.10 Å². The molecule has 1 atom stereocenters. The van der Waals surface area contributed by atoms with Crippen LogP contribution in [0.4, 0.5) is 0 Å². The standard InChI is InChI=1S/C23H19ClN2O5/c24-17-10-8-16(9-11-17)19-13-20(21-7-4-12-29-21)26(25-19)22(27)14-31-23(28)15-30-18-5-2-1-3-6-18/h1-12,20H,13-15H2/t20-/m1/s1. The Hall–Kier alpha value is -3.58. The first-order valence-electron chi connectivity index (χ1n) is 9.62. The Morgan fingerprint density at radius 3 is 2.52 bits per heavy atom. The minimum Gasteiger partial charge on any atom is -0.482 e. The van der Waals surface area contributed by atoms with Gasteiger partial charge in [-0.1, -0.05) is 41.9 Å². The predicted molar refractivity (Wildman–Crippen MR) is 114 cm³/mol. The van der Waals surface area contributed by atoms with E-state index in [1.807, 2.05) is 18.2 Å². The number of furan rings is 1. The van der Waals surface area contributed by atoms with Gasteiger partial charge in [0.25, 0.3) is 5.91 Å². The molecule has 4 rings (SSSR count). The summed E-state index contributed by atoms with van der Waals surface area (Å²) in [6.45, 7) is -0.746. The van der Waals surface area contributed by atoms with Crippen LogP contribution in [0.25, 0.3) is 0 Å². The molecule has 31 heavy (non-hydrogen) atoms. The highest BCUT2D eigenvalue weighted by atomic mass is 35.5. The average molecular weight is 439 g/mol. The van der Waals surface area contributed by atoms with Gasteiger partial charge in [-0.2, -0.15) is 5.10 Å². The largest absolute Gasteiger partial charge is 0.482 e. The molecule has 0 N–H and O–H groups in total. The molecule has 0 bridgehead atoms. The molecule has 158 valence electrons. The highest BCUT2D eigenvalue weighted by Crippen LogP contribution is 2.33. The van der Waals surface area contributed by atoms with Crippen molar-refractivity contribution in [2.24, 2.45) is 5.10 Å². The third-order valence-electron chi connectivity index (χ3n) is 4.67. The van der Waals surface area contributed by atoms with Crippen molar-refractivity contribution in [1.29, 1.82) is 0 Å². The SMILES string of the molecule is O=C(COc1ccccc1)OCC(=O)N1N=C(c2ccc(Cl)cc2)C[C@@H]1c1ccco1. The molecule has 1 amide bonds. The van der Waals surface area contributed by atoms with Gasteiger partial charge in [-0.3, -0.25) is 4.79 Å². The van der Waals surface area contributed by atoms with Crippen molar-refractivity contribution >= 4 is 29.2 Å². The maximum absolute atomic E-state index is 12.8. The van der Waals surface area contributed by atoms with Crippen LogP contribution in [0.5, 0.6) is 5.75 Å². The van der Waals surface area contributed by atoms with Crippen molar-refractivity contribution in [1.82, 2.24) is 5.01 Å². The molecular formula is C23H19ClN2O5. The fourth-order valence-electron chi connectivity index (χ4n) is 3.17. The van der Waals surface area contributed by atoms with E-state index in [1.165, 1.54) is 5.01 Å². The lowest BCUT2D eigenvalue weighted by Crippen LogP contribution is -2.32. The van der Waals surface area contributed by atoms with E-state index in [0.717, 1.165) is 5.56 Å². The Labute approximate surface area is 183 Å². The van der Waals surface area contributed by atoms with Gasteiger partial charge in [0, 0.05) is 11.4 Å². The van der Waals surface area contributed by atoms with Crippen LogP contribution in [0.15, 0.2) is 82.5 Å². The number of hydrogen-bond donors (Lipinski definition) is 0. The van der Waals surface area contributed by atoms with Crippen molar-refractivity contribution in [3.8, 4) is 5.75 Å². The number of rotatable bonds is 7. The predicted octanol–water partition coefficient (Wildman–Crippen LogP) is 4.23. The minimum absolute atomic E-state index is 0.293. The van der Waals surface area contributed by atoms with Gasteiger partial charge in [0.05, 0.1) is 12.0 Å². The molecule has 0 saturated carbocycles. The van der Waals surface area contributed by atoms with Gasteiger partial charge in [-0.25, -0.2) is 9.80 Å². The Kier molecular flexibility index (Phi) is 6.33. The van der Waals surface area contributed by atoms with Crippen LogP contribution in [0.1, 0.15) is 23.8 Å². The number of amides is 1. The number of hydrazone groups is 1. The molecule has 8 heteroatoms. The number of ether oxygens (including phenoxy) is 2. The van der Waals surface area contributed by atoms with Crippen molar-refractivity contribution in [3.05, 3.63) is 89.3 Å². The Bertz CT molecular complexity index is 1070. The molecule has 0 saturated heterocycles. The normalized spacial score (nSPS) is 15.5. The first-order valence-corrected chi connectivity index (χ1v) is 10.0. The zero-order valence-corrected chi connectivity index (χ0v) is 17.2. The minimum atomic E-state index is -0.646. The lowest BCUT2D eigenvalue weighted by Gasteiger charge is -2.19. The van der Waals surface area contributed by atoms with Crippen molar-refractivity contribution in [2.45, 2.75) is 12.5 Å². The molecule has 0 radical (unpaired) electrons. The molecule has 7 nitrogen and oxygen atoms in total. The fraction of sp³-hybridized carbons (Fsp3) is 0.174. The molecule has 1 aliphatic rings. The van der Waals surface area contributed by atoms with E-state index in [4.69, 9.17) is 25.5 Å². The fourth-order valence-corrected chi connectivity index (χ4v) is 3.29. The number of carbonyl (C=O) groups is 2. The van der Waals surface area contributed by atoms with Crippen LogP contribution in [0.2, 0.25) is 5.02 Å². The summed E-state index contributed by atoms with van der Waals surface area (Å²) in [5.74, 6) is 0.0338. The molecule has 0 spiro atoms. The van der Waals surface area contributed by atoms with Gasteiger partial charge in [0.2, 0.25) is 0 Å². The smallest absolute Gasteiger partial charge is 0.344 e. The number of halogens is 1. The highest BCUT2D eigenvalue weighted by Gasteiger charge is 2.35. The Morgan fingerprint density at radius 1 is 1.03 bits per heavy atom. The Balaban J connectivity index is 1.41.